The second-order valence-electron chi connectivity index (χ2n) is 6.12. The van der Waals surface area contributed by atoms with Crippen molar-refractivity contribution < 1.29 is 4.79 Å². The molecule has 27 heavy (non-hydrogen) atoms. The van der Waals surface area contributed by atoms with E-state index in [4.69, 9.17) is 0 Å². The summed E-state index contributed by atoms with van der Waals surface area (Å²) in [7, 11) is 0. The average Bonchev–Trinajstić information content (AvgIpc) is 2.68. The summed E-state index contributed by atoms with van der Waals surface area (Å²) in [6.07, 6.45) is 1.75. The van der Waals surface area contributed by atoms with Crippen LogP contribution in [0.3, 0.4) is 0 Å². The number of amides is 1. The molecule has 0 bridgehead atoms. The summed E-state index contributed by atoms with van der Waals surface area (Å²) in [4.78, 5) is 22.2. The Hall–Kier alpha value is -3.41. The van der Waals surface area contributed by atoms with E-state index in [0.717, 1.165) is 30.3 Å². The van der Waals surface area contributed by atoms with E-state index in [-0.39, 0.29) is 5.91 Å². The molecule has 0 aliphatic carbocycles. The molecular formula is C21H23N5O. The summed E-state index contributed by atoms with van der Waals surface area (Å²) >= 11 is 0. The summed E-state index contributed by atoms with van der Waals surface area (Å²) in [6.45, 7) is 5.23. The summed E-state index contributed by atoms with van der Waals surface area (Å²) in [5, 5.41) is 5.95. The molecule has 0 radical (unpaired) electrons. The normalized spacial score (nSPS) is 10.3. The number of hydrogen-bond donors (Lipinski definition) is 2. The maximum absolute atomic E-state index is 11.1. The molecule has 0 aliphatic heterocycles. The zero-order valence-electron chi connectivity index (χ0n) is 15.5. The van der Waals surface area contributed by atoms with Crippen molar-refractivity contribution in [1.82, 2.24) is 9.97 Å². The summed E-state index contributed by atoms with van der Waals surface area (Å²) in [6, 6.07) is 19.7. The highest BCUT2D eigenvalue weighted by Gasteiger charge is 2.08. The van der Waals surface area contributed by atoms with E-state index >= 15 is 0 Å². The van der Waals surface area contributed by atoms with Crippen molar-refractivity contribution in [3.63, 3.8) is 0 Å². The molecule has 1 heterocycles. The van der Waals surface area contributed by atoms with Crippen molar-refractivity contribution in [2.45, 2.75) is 20.4 Å². The van der Waals surface area contributed by atoms with Crippen LogP contribution in [0.2, 0.25) is 0 Å². The Morgan fingerprint density at radius 3 is 2.37 bits per heavy atom. The van der Waals surface area contributed by atoms with Crippen LogP contribution in [0, 0.1) is 0 Å². The highest BCUT2D eigenvalue weighted by atomic mass is 16.1. The van der Waals surface area contributed by atoms with E-state index < -0.39 is 0 Å². The zero-order valence-corrected chi connectivity index (χ0v) is 15.5. The first-order valence-corrected chi connectivity index (χ1v) is 8.90. The number of anilines is 4. The lowest BCUT2D eigenvalue weighted by Gasteiger charge is -2.22. The molecular weight excluding hydrogens is 338 g/mol. The van der Waals surface area contributed by atoms with Gasteiger partial charge >= 0.3 is 0 Å². The van der Waals surface area contributed by atoms with Crippen LogP contribution in [-0.4, -0.2) is 22.4 Å². The maximum atomic E-state index is 11.1. The SMILES string of the molecule is CCN(Cc1ccccc1)c1ccnc(Nc2ccc(NC(C)=O)cc2)n1. The van der Waals surface area contributed by atoms with E-state index in [9.17, 15) is 4.79 Å². The second kappa shape index (κ2) is 8.80. The Morgan fingerprint density at radius 1 is 1.00 bits per heavy atom. The predicted molar refractivity (Wildman–Crippen MR) is 109 cm³/mol. The van der Waals surface area contributed by atoms with Crippen molar-refractivity contribution in [3.8, 4) is 0 Å². The summed E-state index contributed by atoms with van der Waals surface area (Å²) in [5.41, 5.74) is 2.84. The third-order valence-corrected chi connectivity index (χ3v) is 4.02. The molecule has 3 rings (SSSR count). The number of aromatic nitrogens is 2. The molecule has 0 fully saturated rings. The third kappa shape index (κ3) is 5.28. The number of nitrogens with one attached hydrogen (secondary N) is 2. The van der Waals surface area contributed by atoms with Gasteiger partial charge in [0.15, 0.2) is 0 Å². The van der Waals surface area contributed by atoms with E-state index in [0.29, 0.717) is 5.95 Å². The molecule has 2 aromatic carbocycles. The van der Waals surface area contributed by atoms with Crippen molar-refractivity contribution in [3.05, 3.63) is 72.4 Å². The molecule has 3 aromatic rings. The number of benzene rings is 2. The quantitative estimate of drug-likeness (QED) is 0.660. The van der Waals surface area contributed by atoms with Crippen LogP contribution in [-0.2, 0) is 11.3 Å². The molecule has 1 aromatic heterocycles. The maximum Gasteiger partial charge on any atom is 0.229 e. The van der Waals surface area contributed by atoms with Gasteiger partial charge in [-0.1, -0.05) is 30.3 Å². The third-order valence-electron chi connectivity index (χ3n) is 4.02. The van der Waals surface area contributed by atoms with Gasteiger partial charge < -0.3 is 15.5 Å². The van der Waals surface area contributed by atoms with Gasteiger partial charge in [0.05, 0.1) is 0 Å². The van der Waals surface area contributed by atoms with E-state index in [1.54, 1.807) is 6.20 Å². The van der Waals surface area contributed by atoms with Crippen LogP contribution >= 0.6 is 0 Å². The lowest BCUT2D eigenvalue weighted by Crippen LogP contribution is -2.23. The van der Waals surface area contributed by atoms with Crippen molar-refractivity contribution in [2.75, 3.05) is 22.1 Å². The Bertz CT molecular complexity index is 881. The standard InChI is InChI=1S/C21H23N5O/c1-3-26(15-17-7-5-4-6-8-17)20-13-14-22-21(25-20)24-19-11-9-18(10-12-19)23-16(2)27/h4-14H,3,15H2,1-2H3,(H,23,27)(H,22,24,25). The summed E-state index contributed by atoms with van der Waals surface area (Å²) < 4.78 is 0. The molecule has 6 nitrogen and oxygen atoms in total. The number of nitrogens with zero attached hydrogens (tertiary/aromatic N) is 3. The highest BCUT2D eigenvalue weighted by molar-refractivity contribution is 5.88. The Kier molecular flexibility index (Phi) is 5.99. The fourth-order valence-electron chi connectivity index (χ4n) is 2.71. The fraction of sp³-hybridized carbons (Fsp3) is 0.190. The average molecular weight is 361 g/mol. The summed E-state index contributed by atoms with van der Waals surface area (Å²) in [5.74, 6) is 1.31. The fourth-order valence-corrected chi connectivity index (χ4v) is 2.71. The lowest BCUT2D eigenvalue weighted by molar-refractivity contribution is -0.114. The number of carbonyl (C=O) groups is 1. The molecule has 0 aliphatic rings. The molecule has 138 valence electrons. The van der Waals surface area contributed by atoms with Crippen molar-refractivity contribution >= 4 is 29.0 Å². The Balaban J connectivity index is 1.71. The molecule has 0 saturated carbocycles. The van der Waals surface area contributed by atoms with Gasteiger partial charge in [0.25, 0.3) is 0 Å². The molecule has 2 N–H and O–H groups in total. The van der Waals surface area contributed by atoms with Gasteiger partial charge in [0, 0.05) is 37.6 Å². The van der Waals surface area contributed by atoms with Crippen LogP contribution in [0.5, 0.6) is 0 Å². The minimum atomic E-state index is -0.0928. The first-order valence-electron chi connectivity index (χ1n) is 8.90. The number of hydrogen-bond acceptors (Lipinski definition) is 5. The van der Waals surface area contributed by atoms with Gasteiger partial charge in [-0.25, -0.2) is 4.98 Å². The molecule has 0 atom stereocenters. The van der Waals surface area contributed by atoms with Crippen LogP contribution in [0.4, 0.5) is 23.1 Å². The monoisotopic (exact) mass is 361 g/mol. The Morgan fingerprint density at radius 2 is 1.70 bits per heavy atom. The van der Waals surface area contributed by atoms with Gasteiger partial charge in [-0.15, -0.1) is 0 Å². The topological polar surface area (TPSA) is 70.2 Å². The highest BCUT2D eigenvalue weighted by Crippen LogP contribution is 2.19. The lowest BCUT2D eigenvalue weighted by atomic mass is 10.2. The van der Waals surface area contributed by atoms with Gasteiger partial charge in [0.2, 0.25) is 11.9 Å². The van der Waals surface area contributed by atoms with Gasteiger partial charge in [-0.2, -0.15) is 4.98 Å². The Labute approximate surface area is 159 Å². The second-order valence-corrected chi connectivity index (χ2v) is 6.12. The van der Waals surface area contributed by atoms with Gasteiger partial charge in [0.1, 0.15) is 5.82 Å². The minimum absolute atomic E-state index is 0.0928. The number of rotatable bonds is 7. The van der Waals surface area contributed by atoms with Crippen molar-refractivity contribution in [2.24, 2.45) is 0 Å². The van der Waals surface area contributed by atoms with Crippen LogP contribution in [0.25, 0.3) is 0 Å². The molecule has 6 heteroatoms. The first-order chi connectivity index (χ1) is 13.1. The van der Waals surface area contributed by atoms with Gasteiger partial charge in [-0.3, -0.25) is 4.79 Å². The van der Waals surface area contributed by atoms with Gasteiger partial charge in [-0.05, 0) is 42.8 Å². The van der Waals surface area contributed by atoms with E-state index in [2.05, 4.69) is 44.6 Å². The number of carbonyl (C=O) groups excluding carboxylic acids is 1. The molecule has 0 saturated heterocycles. The molecule has 1 amide bonds. The van der Waals surface area contributed by atoms with E-state index in [1.807, 2.05) is 48.5 Å². The largest absolute Gasteiger partial charge is 0.352 e. The minimum Gasteiger partial charge on any atom is -0.352 e. The molecule has 0 spiro atoms. The predicted octanol–water partition coefficient (Wildman–Crippen LogP) is 4.21. The first kappa shape index (κ1) is 18.4. The van der Waals surface area contributed by atoms with Crippen LogP contribution < -0.4 is 15.5 Å². The molecule has 0 unspecified atom stereocenters. The van der Waals surface area contributed by atoms with Crippen LogP contribution in [0.15, 0.2) is 66.9 Å². The zero-order chi connectivity index (χ0) is 19.1. The van der Waals surface area contributed by atoms with Crippen molar-refractivity contribution in [1.29, 1.82) is 0 Å². The van der Waals surface area contributed by atoms with E-state index in [1.165, 1.54) is 12.5 Å². The van der Waals surface area contributed by atoms with Crippen LogP contribution in [0.1, 0.15) is 19.4 Å². The smallest absolute Gasteiger partial charge is 0.229 e.